The molecule has 1 aromatic carbocycles. The first-order valence-corrected chi connectivity index (χ1v) is 5.75. The number of nitrogens with one attached hydrogen (secondary N) is 1. The van der Waals surface area contributed by atoms with Gasteiger partial charge in [0.15, 0.2) is 11.0 Å². The van der Waals surface area contributed by atoms with Gasteiger partial charge in [0, 0.05) is 6.54 Å². The monoisotopic (exact) mass is 255 g/mol. The minimum absolute atomic E-state index is 0.415. The summed E-state index contributed by atoms with van der Waals surface area (Å²) in [6.45, 7) is 0.662. The van der Waals surface area contributed by atoms with Crippen LogP contribution in [-0.4, -0.2) is 15.9 Å². The number of methoxy groups -OCH3 is 1. The van der Waals surface area contributed by atoms with Crippen LogP contribution < -0.4 is 10.1 Å². The Morgan fingerprint density at radius 1 is 1.31 bits per heavy atom. The molecular weight excluding hydrogens is 246 g/mol. The Labute approximate surface area is 103 Å². The van der Waals surface area contributed by atoms with Gasteiger partial charge in [0.2, 0.25) is 0 Å². The van der Waals surface area contributed by atoms with Crippen LogP contribution in [0.15, 0.2) is 24.3 Å². The highest BCUT2D eigenvalue weighted by Gasteiger charge is 2.03. The molecule has 0 atom stereocenters. The molecule has 1 N–H and O–H groups in total. The lowest BCUT2D eigenvalue weighted by molar-refractivity contribution is 0.414. The number of benzene rings is 1. The summed E-state index contributed by atoms with van der Waals surface area (Å²) in [6, 6.07) is 7.80. The number of hydrogen-bond donors (Lipinski definition) is 1. The first-order chi connectivity index (χ1) is 7.79. The maximum Gasteiger partial charge on any atom is 0.186 e. The number of ether oxygens (including phenoxy) is 1. The van der Waals surface area contributed by atoms with Gasteiger partial charge in [0.1, 0.15) is 5.75 Å². The Bertz CT molecular complexity index is 457. The number of halogens is 1. The van der Waals surface area contributed by atoms with Crippen molar-refractivity contribution in [3.05, 3.63) is 35.0 Å². The third kappa shape index (κ3) is 2.62. The molecule has 1 aromatic heterocycles. The topological polar surface area (TPSA) is 47.0 Å². The van der Waals surface area contributed by atoms with Gasteiger partial charge in [-0.3, -0.25) is 0 Å². The minimum Gasteiger partial charge on any atom is -0.497 e. The van der Waals surface area contributed by atoms with Gasteiger partial charge in [-0.05, 0) is 17.7 Å². The van der Waals surface area contributed by atoms with Gasteiger partial charge < -0.3 is 10.1 Å². The third-order valence-electron chi connectivity index (χ3n) is 2.07. The van der Waals surface area contributed by atoms with Crippen LogP contribution in [-0.2, 0) is 6.54 Å². The first kappa shape index (κ1) is 11.2. The molecule has 84 valence electrons. The van der Waals surface area contributed by atoms with Crippen LogP contribution >= 0.6 is 23.3 Å². The fourth-order valence-electron chi connectivity index (χ4n) is 1.21. The van der Waals surface area contributed by atoms with E-state index in [1.807, 2.05) is 24.3 Å². The zero-order chi connectivity index (χ0) is 11.4. The van der Waals surface area contributed by atoms with Crippen molar-refractivity contribution in [1.82, 2.24) is 8.75 Å². The van der Waals surface area contributed by atoms with E-state index in [-0.39, 0.29) is 0 Å². The van der Waals surface area contributed by atoms with Crippen LogP contribution in [0.3, 0.4) is 0 Å². The normalized spacial score (nSPS) is 10.1. The van der Waals surface area contributed by atoms with Crippen LogP contribution in [0, 0.1) is 0 Å². The highest BCUT2D eigenvalue weighted by molar-refractivity contribution is 6.99. The summed E-state index contributed by atoms with van der Waals surface area (Å²) in [6.07, 6.45) is 0. The molecule has 0 saturated heterocycles. The molecule has 0 unspecified atom stereocenters. The summed E-state index contributed by atoms with van der Waals surface area (Å²) in [5.74, 6) is 1.47. The molecule has 0 spiro atoms. The Kier molecular flexibility index (Phi) is 3.58. The predicted molar refractivity (Wildman–Crippen MR) is 65.2 cm³/mol. The molecule has 0 radical (unpaired) electrons. The summed E-state index contributed by atoms with van der Waals surface area (Å²) in [5.41, 5.74) is 1.13. The van der Waals surface area contributed by atoms with E-state index in [0.717, 1.165) is 23.0 Å². The van der Waals surface area contributed by atoms with Gasteiger partial charge in [-0.1, -0.05) is 23.7 Å². The quantitative estimate of drug-likeness (QED) is 0.913. The minimum atomic E-state index is 0.415. The van der Waals surface area contributed by atoms with Crippen molar-refractivity contribution in [3.63, 3.8) is 0 Å². The zero-order valence-corrected chi connectivity index (χ0v) is 10.2. The number of rotatable bonds is 4. The summed E-state index contributed by atoms with van der Waals surface area (Å²) in [5, 5.41) is 3.53. The Morgan fingerprint density at radius 3 is 2.62 bits per heavy atom. The molecular formula is C10H10ClN3OS. The molecule has 2 rings (SSSR count). The standard InChI is InChI=1S/C10H10ClN3OS/c1-15-8-4-2-7(3-5-8)6-12-10-9(11)13-16-14-10/h2-5H,6H2,1H3,(H,12,14). The number of aromatic nitrogens is 2. The smallest absolute Gasteiger partial charge is 0.186 e. The van der Waals surface area contributed by atoms with Gasteiger partial charge >= 0.3 is 0 Å². The fraction of sp³-hybridized carbons (Fsp3) is 0.200. The average Bonchev–Trinajstić information content (AvgIpc) is 2.73. The van der Waals surface area contributed by atoms with Crippen LogP contribution in [0.4, 0.5) is 5.82 Å². The van der Waals surface area contributed by atoms with E-state index >= 15 is 0 Å². The molecule has 0 aliphatic rings. The van der Waals surface area contributed by atoms with E-state index < -0.39 is 0 Å². The third-order valence-corrected chi connectivity index (χ3v) is 2.96. The van der Waals surface area contributed by atoms with Crippen LogP contribution in [0.1, 0.15) is 5.56 Å². The summed E-state index contributed by atoms with van der Waals surface area (Å²) in [4.78, 5) is 0. The Hall–Kier alpha value is -1.33. The molecule has 0 amide bonds. The first-order valence-electron chi connectivity index (χ1n) is 4.64. The van der Waals surface area contributed by atoms with Crippen molar-refractivity contribution in [2.24, 2.45) is 0 Å². The molecule has 16 heavy (non-hydrogen) atoms. The van der Waals surface area contributed by atoms with Crippen molar-refractivity contribution in [2.45, 2.75) is 6.54 Å². The van der Waals surface area contributed by atoms with Gasteiger partial charge in [-0.2, -0.15) is 8.75 Å². The second-order valence-electron chi connectivity index (χ2n) is 3.11. The summed E-state index contributed by atoms with van der Waals surface area (Å²) in [7, 11) is 1.65. The lowest BCUT2D eigenvalue weighted by Gasteiger charge is -2.04. The number of anilines is 1. The van der Waals surface area contributed by atoms with Crippen molar-refractivity contribution in [2.75, 3.05) is 12.4 Å². The lowest BCUT2D eigenvalue weighted by Crippen LogP contribution is -1.99. The summed E-state index contributed by atoms with van der Waals surface area (Å²) >= 11 is 6.90. The van der Waals surface area contributed by atoms with Gasteiger partial charge in [-0.15, -0.1) is 0 Å². The van der Waals surface area contributed by atoms with Crippen molar-refractivity contribution < 1.29 is 4.74 Å². The van der Waals surface area contributed by atoms with E-state index in [0.29, 0.717) is 17.5 Å². The number of nitrogens with zero attached hydrogens (tertiary/aromatic N) is 2. The number of hydrogen-bond acceptors (Lipinski definition) is 5. The van der Waals surface area contributed by atoms with Gasteiger partial charge in [0.25, 0.3) is 0 Å². The van der Waals surface area contributed by atoms with E-state index in [9.17, 15) is 0 Å². The molecule has 0 saturated carbocycles. The van der Waals surface area contributed by atoms with Crippen LogP contribution in [0.2, 0.25) is 5.15 Å². The molecule has 4 nitrogen and oxygen atoms in total. The predicted octanol–water partition coefficient (Wildman–Crippen LogP) is 2.81. The van der Waals surface area contributed by atoms with E-state index in [1.54, 1.807) is 7.11 Å². The molecule has 0 bridgehead atoms. The molecule has 0 fully saturated rings. The van der Waals surface area contributed by atoms with Gasteiger partial charge in [0.05, 0.1) is 18.8 Å². The van der Waals surface area contributed by atoms with Crippen LogP contribution in [0.5, 0.6) is 5.75 Å². The van der Waals surface area contributed by atoms with E-state index in [2.05, 4.69) is 14.1 Å². The zero-order valence-electron chi connectivity index (χ0n) is 8.61. The van der Waals surface area contributed by atoms with Crippen molar-refractivity contribution >= 4 is 29.1 Å². The van der Waals surface area contributed by atoms with Crippen molar-refractivity contribution in [1.29, 1.82) is 0 Å². The second-order valence-corrected chi connectivity index (χ2v) is 3.99. The maximum absolute atomic E-state index is 5.81. The van der Waals surface area contributed by atoms with Gasteiger partial charge in [-0.25, -0.2) is 0 Å². The van der Waals surface area contributed by atoms with E-state index in [1.165, 1.54) is 0 Å². The Morgan fingerprint density at radius 2 is 2.06 bits per heavy atom. The summed E-state index contributed by atoms with van der Waals surface area (Å²) < 4.78 is 13.0. The molecule has 2 aromatic rings. The SMILES string of the molecule is COc1ccc(CNc2nsnc2Cl)cc1. The molecule has 1 heterocycles. The second kappa shape index (κ2) is 5.14. The molecule has 0 aliphatic carbocycles. The highest BCUT2D eigenvalue weighted by Crippen LogP contribution is 2.19. The lowest BCUT2D eigenvalue weighted by atomic mass is 10.2. The Balaban J connectivity index is 1.97. The van der Waals surface area contributed by atoms with Crippen molar-refractivity contribution in [3.8, 4) is 5.75 Å². The van der Waals surface area contributed by atoms with Crippen LogP contribution in [0.25, 0.3) is 0 Å². The maximum atomic E-state index is 5.81. The fourth-order valence-corrected chi connectivity index (χ4v) is 1.90. The molecule has 0 aliphatic heterocycles. The highest BCUT2D eigenvalue weighted by atomic mass is 35.5. The molecule has 6 heteroatoms. The largest absolute Gasteiger partial charge is 0.497 e. The average molecular weight is 256 g/mol. The van der Waals surface area contributed by atoms with E-state index in [4.69, 9.17) is 16.3 Å².